The highest BCUT2D eigenvalue weighted by molar-refractivity contribution is 7.89. The first kappa shape index (κ1) is 17.8. The van der Waals surface area contributed by atoms with Crippen molar-refractivity contribution < 1.29 is 18.3 Å². The molecular weight excluding hydrogens is 330 g/mol. The third kappa shape index (κ3) is 3.84. The zero-order valence-electron chi connectivity index (χ0n) is 13.6. The summed E-state index contributed by atoms with van der Waals surface area (Å²) in [4.78, 5) is 6.07. The summed E-state index contributed by atoms with van der Waals surface area (Å²) in [6, 6.07) is 9.44. The summed E-state index contributed by atoms with van der Waals surface area (Å²) in [7, 11) is 1.25. The molecule has 0 saturated carbocycles. The summed E-state index contributed by atoms with van der Waals surface area (Å²) >= 11 is 0. The largest absolute Gasteiger partial charge is 0.504 e. The van der Waals surface area contributed by atoms with Gasteiger partial charge >= 0.3 is 0 Å². The number of rotatable bonds is 5. The fourth-order valence-corrected chi connectivity index (χ4v) is 2.64. The fraction of sp³-hybridized carbons (Fsp3) is 0.188. The summed E-state index contributed by atoms with van der Waals surface area (Å²) < 4.78 is 28.1. The Morgan fingerprint density at radius 1 is 1.25 bits per heavy atom. The molecule has 0 fully saturated rings. The van der Waals surface area contributed by atoms with Crippen LogP contribution in [0.2, 0.25) is 0 Å². The molecule has 7 nitrogen and oxygen atoms in total. The summed E-state index contributed by atoms with van der Waals surface area (Å²) in [5.74, 6) is 0.280. The van der Waals surface area contributed by atoms with Crippen LogP contribution in [-0.2, 0) is 10.0 Å². The molecule has 0 radical (unpaired) electrons. The molecule has 3 N–H and O–H groups in total. The second-order valence-electron chi connectivity index (χ2n) is 5.25. The van der Waals surface area contributed by atoms with Crippen molar-refractivity contribution in [1.82, 2.24) is 0 Å². The molecule has 0 aliphatic rings. The van der Waals surface area contributed by atoms with Gasteiger partial charge in [0, 0.05) is 25.9 Å². The fourth-order valence-electron chi connectivity index (χ4n) is 2.11. The normalized spacial score (nSPS) is 11.7. The van der Waals surface area contributed by atoms with E-state index in [0.29, 0.717) is 22.7 Å². The number of ether oxygens (including phenoxy) is 1. The maximum atomic E-state index is 11.5. The minimum atomic E-state index is -3.83. The molecule has 8 heteroatoms. The lowest BCUT2D eigenvalue weighted by molar-refractivity contribution is 0.373. The average Bonchev–Trinajstić information content (AvgIpc) is 2.52. The summed E-state index contributed by atoms with van der Waals surface area (Å²) in [5, 5.41) is 15.3. The van der Waals surface area contributed by atoms with Gasteiger partial charge in [-0.1, -0.05) is 6.07 Å². The highest BCUT2D eigenvalue weighted by Gasteiger charge is 2.12. The Kier molecular flexibility index (Phi) is 5.10. The maximum absolute atomic E-state index is 11.5. The van der Waals surface area contributed by atoms with Crippen molar-refractivity contribution >= 4 is 27.6 Å². The van der Waals surface area contributed by atoms with E-state index in [1.165, 1.54) is 25.5 Å². The molecule has 2 aromatic carbocycles. The third-order valence-electron chi connectivity index (χ3n) is 3.35. The van der Waals surface area contributed by atoms with Crippen molar-refractivity contribution in [2.45, 2.75) is 4.90 Å². The van der Waals surface area contributed by atoms with Gasteiger partial charge in [-0.05, 0) is 30.3 Å². The molecule has 0 aliphatic carbocycles. The lowest BCUT2D eigenvalue weighted by atomic mass is 10.2. The van der Waals surface area contributed by atoms with E-state index in [9.17, 15) is 13.5 Å². The molecular formula is C16H19N3O4S. The molecule has 0 heterocycles. The Labute approximate surface area is 141 Å². The van der Waals surface area contributed by atoms with Crippen LogP contribution in [0.15, 0.2) is 46.3 Å². The number of aliphatic imine (C=N–C) groups is 1. The van der Waals surface area contributed by atoms with E-state index in [0.717, 1.165) is 0 Å². The van der Waals surface area contributed by atoms with Gasteiger partial charge in [0.05, 0.1) is 23.4 Å². The second kappa shape index (κ2) is 6.90. The maximum Gasteiger partial charge on any atom is 0.238 e. The van der Waals surface area contributed by atoms with Crippen molar-refractivity contribution in [1.29, 1.82) is 0 Å². The number of benzene rings is 2. The van der Waals surface area contributed by atoms with Crippen molar-refractivity contribution in [3.05, 3.63) is 42.0 Å². The molecule has 128 valence electrons. The number of anilines is 1. The standard InChI is InChI=1S/C16H19N3O4S/c1-19(2)14-8-7-12(24(17,21)22)9-13(14)18-10-11-5-4-6-15(23-3)16(11)20/h4-10,20H,1-3H3,(H2,17,21,22). The number of sulfonamides is 1. The van der Waals surface area contributed by atoms with E-state index in [-0.39, 0.29) is 10.6 Å². The van der Waals surface area contributed by atoms with Crippen molar-refractivity contribution in [2.24, 2.45) is 10.1 Å². The number of phenols is 1. The first-order valence-electron chi connectivity index (χ1n) is 6.98. The van der Waals surface area contributed by atoms with Crippen LogP contribution in [0.1, 0.15) is 5.56 Å². The van der Waals surface area contributed by atoms with Crippen LogP contribution in [0.3, 0.4) is 0 Å². The highest BCUT2D eigenvalue weighted by atomic mass is 32.2. The summed E-state index contributed by atoms with van der Waals surface area (Å²) in [6.07, 6.45) is 1.44. The van der Waals surface area contributed by atoms with Crippen LogP contribution in [0.25, 0.3) is 0 Å². The van der Waals surface area contributed by atoms with Crippen molar-refractivity contribution in [3.63, 3.8) is 0 Å². The summed E-state index contributed by atoms with van der Waals surface area (Å²) in [6.45, 7) is 0. The monoisotopic (exact) mass is 349 g/mol. The molecule has 0 saturated heterocycles. The lowest BCUT2D eigenvalue weighted by Crippen LogP contribution is -2.13. The average molecular weight is 349 g/mol. The number of aromatic hydroxyl groups is 1. The van der Waals surface area contributed by atoms with Gasteiger partial charge in [0.25, 0.3) is 0 Å². The zero-order valence-corrected chi connectivity index (χ0v) is 14.4. The highest BCUT2D eigenvalue weighted by Crippen LogP contribution is 2.32. The second-order valence-corrected chi connectivity index (χ2v) is 6.81. The molecule has 2 rings (SSSR count). The van der Waals surface area contributed by atoms with Crippen LogP contribution >= 0.6 is 0 Å². The van der Waals surface area contributed by atoms with Crippen LogP contribution < -0.4 is 14.8 Å². The molecule has 0 aliphatic heterocycles. The van der Waals surface area contributed by atoms with E-state index < -0.39 is 10.0 Å². The number of hydrogen-bond donors (Lipinski definition) is 2. The molecule has 2 aromatic rings. The van der Waals surface area contributed by atoms with Crippen molar-refractivity contribution in [3.8, 4) is 11.5 Å². The lowest BCUT2D eigenvalue weighted by Gasteiger charge is -2.15. The zero-order chi connectivity index (χ0) is 17.9. The van der Waals surface area contributed by atoms with Crippen LogP contribution in [0.5, 0.6) is 11.5 Å². The minimum Gasteiger partial charge on any atom is -0.504 e. The quantitative estimate of drug-likeness (QED) is 0.802. The Bertz CT molecular complexity index is 877. The SMILES string of the molecule is COc1cccc(C=Nc2cc(S(N)(=O)=O)ccc2N(C)C)c1O. The van der Waals surface area contributed by atoms with Gasteiger partial charge in [0.2, 0.25) is 10.0 Å². The van der Waals surface area contributed by atoms with Gasteiger partial charge in [-0.15, -0.1) is 0 Å². The van der Waals surface area contributed by atoms with E-state index in [1.54, 1.807) is 29.2 Å². The molecule has 0 aromatic heterocycles. The Balaban J connectivity index is 2.51. The third-order valence-corrected chi connectivity index (χ3v) is 4.26. The van der Waals surface area contributed by atoms with E-state index >= 15 is 0 Å². The van der Waals surface area contributed by atoms with E-state index in [2.05, 4.69) is 4.99 Å². The van der Waals surface area contributed by atoms with Gasteiger partial charge in [0.15, 0.2) is 11.5 Å². The molecule has 24 heavy (non-hydrogen) atoms. The molecule has 0 amide bonds. The Hall–Kier alpha value is -2.58. The van der Waals surface area contributed by atoms with Crippen LogP contribution in [0, 0.1) is 0 Å². The van der Waals surface area contributed by atoms with E-state index in [4.69, 9.17) is 9.88 Å². The number of nitrogens with zero attached hydrogens (tertiary/aromatic N) is 2. The van der Waals surface area contributed by atoms with Gasteiger partial charge in [-0.25, -0.2) is 13.6 Å². The molecule has 0 bridgehead atoms. The Morgan fingerprint density at radius 3 is 2.54 bits per heavy atom. The van der Waals surface area contributed by atoms with Gasteiger partial charge in [0.1, 0.15) is 0 Å². The topological polar surface area (TPSA) is 105 Å². The van der Waals surface area contributed by atoms with Crippen LogP contribution in [-0.4, -0.2) is 40.9 Å². The predicted molar refractivity (Wildman–Crippen MR) is 94.1 cm³/mol. The summed E-state index contributed by atoms with van der Waals surface area (Å²) in [5.41, 5.74) is 1.56. The van der Waals surface area contributed by atoms with Gasteiger partial charge in [-0.2, -0.15) is 0 Å². The first-order chi connectivity index (χ1) is 11.2. The van der Waals surface area contributed by atoms with Gasteiger partial charge < -0.3 is 14.7 Å². The first-order valence-corrected chi connectivity index (χ1v) is 8.53. The predicted octanol–water partition coefficient (Wildman–Crippen LogP) is 1.86. The number of hydrogen-bond acceptors (Lipinski definition) is 6. The molecule has 0 atom stereocenters. The molecule has 0 unspecified atom stereocenters. The van der Waals surface area contributed by atoms with Crippen LogP contribution in [0.4, 0.5) is 11.4 Å². The number of phenolic OH excluding ortho intramolecular Hbond substituents is 1. The number of primary sulfonamides is 1. The number of methoxy groups -OCH3 is 1. The molecule has 0 spiro atoms. The minimum absolute atomic E-state index is 0.0323. The Morgan fingerprint density at radius 2 is 1.96 bits per heavy atom. The smallest absolute Gasteiger partial charge is 0.238 e. The van der Waals surface area contributed by atoms with Gasteiger partial charge in [-0.3, -0.25) is 4.99 Å². The number of nitrogens with two attached hydrogens (primary N) is 1. The van der Waals surface area contributed by atoms with Crippen molar-refractivity contribution in [2.75, 3.05) is 26.1 Å². The van der Waals surface area contributed by atoms with E-state index in [1.807, 2.05) is 14.1 Å². The number of para-hydroxylation sites is 1.